The van der Waals surface area contributed by atoms with E-state index in [1.54, 1.807) is 17.3 Å². The van der Waals surface area contributed by atoms with Crippen molar-refractivity contribution in [3.8, 4) is 17.1 Å². The molecular weight excluding hydrogens is 384 g/mol. The van der Waals surface area contributed by atoms with E-state index >= 15 is 0 Å². The summed E-state index contributed by atoms with van der Waals surface area (Å²) in [5, 5.41) is 3.98. The van der Waals surface area contributed by atoms with Crippen LogP contribution in [0, 0.1) is 6.92 Å². The van der Waals surface area contributed by atoms with E-state index in [0.29, 0.717) is 30.6 Å². The van der Waals surface area contributed by atoms with Gasteiger partial charge in [-0.25, -0.2) is 0 Å². The second-order valence-corrected chi connectivity index (χ2v) is 7.27. The van der Waals surface area contributed by atoms with Crippen LogP contribution in [0.25, 0.3) is 11.4 Å². The summed E-state index contributed by atoms with van der Waals surface area (Å²) in [6, 6.07) is 11.3. The van der Waals surface area contributed by atoms with Crippen molar-refractivity contribution in [2.75, 3.05) is 19.7 Å². The summed E-state index contributed by atoms with van der Waals surface area (Å²) in [6.07, 6.45) is 5.05. The van der Waals surface area contributed by atoms with E-state index in [4.69, 9.17) is 14.0 Å². The molecule has 1 unspecified atom stereocenters. The van der Waals surface area contributed by atoms with E-state index in [-0.39, 0.29) is 25.2 Å². The molecule has 0 spiro atoms. The van der Waals surface area contributed by atoms with Crippen LogP contribution in [-0.4, -0.2) is 51.7 Å². The SMILES string of the molecule is Cc1cccc(OCC(=O)N2CCCC(OCc3nc(-c4ccncc4)no3)C2)c1. The van der Waals surface area contributed by atoms with E-state index in [1.807, 2.05) is 43.3 Å². The highest BCUT2D eigenvalue weighted by molar-refractivity contribution is 5.77. The first-order valence-electron chi connectivity index (χ1n) is 9.99. The molecule has 156 valence electrons. The number of likely N-dealkylation sites (tertiary alicyclic amines) is 1. The van der Waals surface area contributed by atoms with Crippen molar-refractivity contribution in [2.24, 2.45) is 0 Å². The van der Waals surface area contributed by atoms with Crippen molar-refractivity contribution in [3.05, 3.63) is 60.2 Å². The molecule has 8 nitrogen and oxygen atoms in total. The van der Waals surface area contributed by atoms with Crippen LogP contribution in [0.5, 0.6) is 5.75 Å². The predicted octanol–water partition coefficient (Wildman–Crippen LogP) is 3.03. The highest BCUT2D eigenvalue weighted by Gasteiger charge is 2.25. The number of carbonyl (C=O) groups excluding carboxylic acids is 1. The van der Waals surface area contributed by atoms with Crippen LogP contribution < -0.4 is 4.74 Å². The van der Waals surface area contributed by atoms with Crippen LogP contribution in [-0.2, 0) is 16.1 Å². The molecule has 0 bridgehead atoms. The first kappa shape index (κ1) is 20.0. The number of carbonyl (C=O) groups is 1. The molecule has 3 aromatic rings. The number of nitrogens with zero attached hydrogens (tertiary/aromatic N) is 4. The Kier molecular flexibility index (Phi) is 6.34. The summed E-state index contributed by atoms with van der Waals surface area (Å²) in [6.45, 7) is 3.47. The van der Waals surface area contributed by atoms with Crippen molar-refractivity contribution in [1.29, 1.82) is 0 Å². The predicted molar refractivity (Wildman–Crippen MR) is 109 cm³/mol. The van der Waals surface area contributed by atoms with E-state index in [0.717, 1.165) is 24.0 Å². The van der Waals surface area contributed by atoms with Gasteiger partial charge in [0.15, 0.2) is 6.61 Å². The fourth-order valence-corrected chi connectivity index (χ4v) is 3.36. The molecule has 1 aliphatic rings. The third-order valence-electron chi connectivity index (χ3n) is 4.93. The number of aryl methyl sites for hydroxylation is 1. The molecule has 0 radical (unpaired) electrons. The highest BCUT2D eigenvalue weighted by atomic mass is 16.5. The molecule has 1 amide bonds. The lowest BCUT2D eigenvalue weighted by Crippen LogP contribution is -2.45. The standard InChI is InChI=1S/C22H24N4O4/c1-16-4-2-5-18(12-16)29-15-21(27)26-11-3-6-19(13-26)28-14-20-24-22(25-30-20)17-7-9-23-10-8-17/h2,4-5,7-10,12,19H,3,6,11,13-15H2,1H3. The Hall–Kier alpha value is -3.26. The van der Waals surface area contributed by atoms with Crippen LogP contribution in [0.15, 0.2) is 53.3 Å². The van der Waals surface area contributed by atoms with Gasteiger partial charge in [-0.05, 0) is 49.6 Å². The summed E-state index contributed by atoms with van der Waals surface area (Å²) in [4.78, 5) is 22.7. The lowest BCUT2D eigenvalue weighted by molar-refractivity contribution is -0.138. The zero-order chi connectivity index (χ0) is 20.8. The van der Waals surface area contributed by atoms with Crippen LogP contribution in [0.3, 0.4) is 0 Å². The molecule has 1 fully saturated rings. The molecular formula is C22H24N4O4. The number of rotatable bonds is 7. The molecule has 4 rings (SSSR count). The topological polar surface area (TPSA) is 90.6 Å². The average molecular weight is 408 g/mol. The summed E-state index contributed by atoms with van der Waals surface area (Å²) in [5.41, 5.74) is 1.93. The number of amides is 1. The quantitative estimate of drug-likeness (QED) is 0.593. The third-order valence-corrected chi connectivity index (χ3v) is 4.93. The van der Waals surface area contributed by atoms with Crippen molar-refractivity contribution in [3.63, 3.8) is 0 Å². The Labute approximate surface area is 174 Å². The van der Waals surface area contributed by atoms with E-state index in [1.165, 1.54) is 0 Å². The Morgan fingerprint density at radius 1 is 1.27 bits per heavy atom. The minimum absolute atomic E-state index is 0.0229. The number of benzene rings is 1. The van der Waals surface area contributed by atoms with Gasteiger partial charge in [-0.3, -0.25) is 9.78 Å². The smallest absolute Gasteiger partial charge is 0.260 e. The van der Waals surface area contributed by atoms with E-state index in [9.17, 15) is 4.79 Å². The molecule has 1 aromatic carbocycles. The fraction of sp³-hybridized carbons (Fsp3) is 0.364. The Morgan fingerprint density at radius 2 is 2.13 bits per heavy atom. The summed E-state index contributed by atoms with van der Waals surface area (Å²) in [5.74, 6) is 1.58. The van der Waals surface area contributed by atoms with Gasteiger partial charge in [0.25, 0.3) is 11.8 Å². The number of aromatic nitrogens is 3. The zero-order valence-electron chi connectivity index (χ0n) is 16.9. The van der Waals surface area contributed by atoms with Crippen molar-refractivity contribution in [1.82, 2.24) is 20.0 Å². The maximum absolute atomic E-state index is 12.5. The van der Waals surface area contributed by atoms with Gasteiger partial charge in [-0.2, -0.15) is 4.98 Å². The molecule has 0 aliphatic carbocycles. The number of hydrogen-bond acceptors (Lipinski definition) is 7. The maximum atomic E-state index is 12.5. The molecule has 0 saturated carbocycles. The van der Waals surface area contributed by atoms with Crippen LogP contribution in [0.2, 0.25) is 0 Å². The molecule has 30 heavy (non-hydrogen) atoms. The van der Waals surface area contributed by atoms with Crippen LogP contribution >= 0.6 is 0 Å². The van der Waals surface area contributed by atoms with Gasteiger partial charge in [0.1, 0.15) is 12.4 Å². The molecule has 3 heterocycles. The highest BCUT2D eigenvalue weighted by Crippen LogP contribution is 2.18. The van der Waals surface area contributed by atoms with Crippen LogP contribution in [0.4, 0.5) is 0 Å². The maximum Gasteiger partial charge on any atom is 0.260 e. The minimum Gasteiger partial charge on any atom is -0.484 e. The molecule has 1 atom stereocenters. The van der Waals surface area contributed by atoms with Crippen LogP contribution in [0.1, 0.15) is 24.3 Å². The van der Waals surface area contributed by atoms with Gasteiger partial charge in [-0.15, -0.1) is 0 Å². The molecule has 1 saturated heterocycles. The summed E-state index contributed by atoms with van der Waals surface area (Å²) in [7, 11) is 0. The third kappa shape index (κ3) is 5.21. The van der Waals surface area contributed by atoms with E-state index in [2.05, 4.69) is 15.1 Å². The van der Waals surface area contributed by atoms with Gasteiger partial charge in [0.2, 0.25) is 5.82 Å². The average Bonchev–Trinajstić information content (AvgIpc) is 3.26. The number of hydrogen-bond donors (Lipinski definition) is 0. The summed E-state index contributed by atoms with van der Waals surface area (Å²) >= 11 is 0. The van der Waals surface area contributed by atoms with Gasteiger partial charge in [0.05, 0.1) is 6.10 Å². The Morgan fingerprint density at radius 3 is 2.97 bits per heavy atom. The van der Waals surface area contributed by atoms with E-state index < -0.39 is 0 Å². The van der Waals surface area contributed by atoms with Crippen molar-refractivity contribution >= 4 is 5.91 Å². The zero-order valence-corrected chi connectivity index (χ0v) is 16.9. The number of piperidine rings is 1. The molecule has 1 aliphatic heterocycles. The second-order valence-electron chi connectivity index (χ2n) is 7.27. The molecule has 0 N–H and O–H groups in total. The van der Waals surface area contributed by atoms with Gasteiger partial charge in [0, 0.05) is 31.0 Å². The van der Waals surface area contributed by atoms with Crippen molar-refractivity contribution in [2.45, 2.75) is 32.5 Å². The Balaban J connectivity index is 1.26. The number of pyridine rings is 1. The normalized spacial score (nSPS) is 16.4. The Bertz CT molecular complexity index is 976. The largest absolute Gasteiger partial charge is 0.484 e. The minimum atomic E-state index is -0.0713. The first-order chi connectivity index (χ1) is 14.7. The fourth-order valence-electron chi connectivity index (χ4n) is 3.36. The second kappa shape index (κ2) is 9.49. The first-order valence-corrected chi connectivity index (χ1v) is 9.99. The molecule has 8 heteroatoms. The molecule has 2 aromatic heterocycles. The van der Waals surface area contributed by atoms with Gasteiger partial charge >= 0.3 is 0 Å². The van der Waals surface area contributed by atoms with Crippen molar-refractivity contribution < 1.29 is 18.8 Å². The number of ether oxygens (including phenoxy) is 2. The van der Waals surface area contributed by atoms with Gasteiger partial charge in [-0.1, -0.05) is 17.3 Å². The lowest BCUT2D eigenvalue weighted by Gasteiger charge is -2.32. The van der Waals surface area contributed by atoms with Gasteiger partial charge < -0.3 is 18.9 Å². The lowest BCUT2D eigenvalue weighted by atomic mass is 10.1. The summed E-state index contributed by atoms with van der Waals surface area (Å²) < 4.78 is 16.8. The monoisotopic (exact) mass is 408 g/mol.